The van der Waals surface area contributed by atoms with E-state index in [1.807, 2.05) is 0 Å². The van der Waals surface area contributed by atoms with Gasteiger partial charge in [0.1, 0.15) is 5.76 Å². The number of nitrogens with one attached hydrogen (secondary N) is 2. The van der Waals surface area contributed by atoms with Crippen molar-refractivity contribution in [1.82, 2.24) is 19.7 Å². The van der Waals surface area contributed by atoms with Gasteiger partial charge in [-0.05, 0) is 18.2 Å². The summed E-state index contributed by atoms with van der Waals surface area (Å²) in [6.07, 6.45) is -3.15. The van der Waals surface area contributed by atoms with Gasteiger partial charge in [-0.25, -0.2) is 0 Å². The lowest BCUT2D eigenvalue weighted by atomic mass is 10.4. The molecule has 0 aliphatic heterocycles. The molecule has 0 saturated heterocycles. The van der Waals surface area contributed by atoms with Crippen molar-refractivity contribution >= 4 is 11.9 Å². The minimum atomic E-state index is -4.70. The Hall–Kier alpha value is -3.37. The zero-order valence-corrected chi connectivity index (χ0v) is 12.4. The van der Waals surface area contributed by atoms with Crippen LogP contribution in [0.2, 0.25) is 0 Å². The molecular formula is C14H10F3N5O3. The van der Waals surface area contributed by atoms with E-state index in [4.69, 9.17) is 4.42 Å². The first-order chi connectivity index (χ1) is 11.8. The Kier molecular flexibility index (Phi) is 4.13. The molecule has 0 fully saturated rings. The number of rotatable bonds is 4. The van der Waals surface area contributed by atoms with Gasteiger partial charge in [0, 0.05) is 12.3 Å². The summed E-state index contributed by atoms with van der Waals surface area (Å²) in [5.74, 6) is -2.51. The molecular weight excluding hydrogens is 343 g/mol. The van der Waals surface area contributed by atoms with Crippen LogP contribution in [0.1, 0.15) is 22.1 Å². The lowest BCUT2D eigenvalue weighted by Gasteiger charge is -2.02. The summed E-state index contributed by atoms with van der Waals surface area (Å²) in [7, 11) is 0. The largest absolute Gasteiger partial charge is 0.454 e. The van der Waals surface area contributed by atoms with E-state index in [0.29, 0.717) is 5.76 Å². The quantitative estimate of drug-likeness (QED) is 0.745. The predicted molar refractivity (Wildman–Crippen MR) is 77.8 cm³/mol. The van der Waals surface area contributed by atoms with Crippen LogP contribution in [0, 0.1) is 0 Å². The third kappa shape index (κ3) is 3.76. The fourth-order valence-corrected chi connectivity index (χ4v) is 1.95. The van der Waals surface area contributed by atoms with E-state index in [1.165, 1.54) is 22.8 Å². The van der Waals surface area contributed by atoms with Crippen LogP contribution < -0.4 is 10.9 Å². The topological polar surface area (TPSA) is 106 Å². The zero-order chi connectivity index (χ0) is 18.0. The van der Waals surface area contributed by atoms with Gasteiger partial charge in [-0.15, -0.1) is 5.10 Å². The van der Waals surface area contributed by atoms with E-state index in [9.17, 15) is 22.8 Å². The Balaban J connectivity index is 1.70. The van der Waals surface area contributed by atoms with Crippen LogP contribution in [-0.2, 0) is 12.7 Å². The number of nitrogens with zero attached hydrogens (tertiary/aromatic N) is 3. The molecule has 0 unspecified atom stereocenters. The summed E-state index contributed by atoms with van der Waals surface area (Å²) in [6.45, 7) is 0.103. The summed E-state index contributed by atoms with van der Waals surface area (Å²) in [6, 6.07) is 7.44. The molecule has 3 aromatic rings. The van der Waals surface area contributed by atoms with E-state index in [-0.39, 0.29) is 17.9 Å². The summed E-state index contributed by atoms with van der Waals surface area (Å²) in [5, 5.41) is 7.02. The van der Waals surface area contributed by atoms with Gasteiger partial charge >= 0.3 is 6.18 Å². The first-order valence-corrected chi connectivity index (χ1v) is 6.88. The number of carbonyl (C=O) groups is 1. The molecule has 0 aliphatic rings. The molecule has 1 amide bonds. The highest BCUT2D eigenvalue weighted by Gasteiger charge is 2.35. The number of H-pyrrole nitrogens is 1. The monoisotopic (exact) mass is 353 g/mol. The number of carbonyl (C=O) groups excluding carboxylic acids is 1. The first-order valence-electron chi connectivity index (χ1n) is 6.88. The highest BCUT2D eigenvalue weighted by atomic mass is 19.4. The second-order valence-corrected chi connectivity index (χ2v) is 4.89. The van der Waals surface area contributed by atoms with E-state index in [0.717, 1.165) is 0 Å². The standard InChI is InChI=1S/C14H10F3N5O3/c15-14(16,17)12-19-13(21-20-12)18-11(24)9-5-4-8(25-9)7-22-6-2-1-3-10(22)23/h1-6H,7H2,(H2,18,19,20,21,24). The molecule has 2 N–H and O–H groups in total. The molecule has 3 aromatic heterocycles. The molecule has 0 aromatic carbocycles. The summed E-state index contributed by atoms with van der Waals surface area (Å²) < 4.78 is 43.9. The molecule has 11 heteroatoms. The minimum Gasteiger partial charge on any atom is -0.454 e. The molecule has 130 valence electrons. The third-order valence-corrected chi connectivity index (χ3v) is 3.09. The van der Waals surface area contributed by atoms with Gasteiger partial charge in [0.2, 0.25) is 11.8 Å². The average molecular weight is 353 g/mol. The highest BCUT2D eigenvalue weighted by molar-refractivity contribution is 6.01. The van der Waals surface area contributed by atoms with E-state index < -0.39 is 23.9 Å². The van der Waals surface area contributed by atoms with Crippen molar-refractivity contribution in [1.29, 1.82) is 0 Å². The zero-order valence-electron chi connectivity index (χ0n) is 12.4. The van der Waals surface area contributed by atoms with Gasteiger partial charge < -0.3 is 8.98 Å². The van der Waals surface area contributed by atoms with Gasteiger partial charge in [-0.2, -0.15) is 18.2 Å². The fraction of sp³-hybridized carbons (Fsp3) is 0.143. The molecule has 0 bridgehead atoms. The third-order valence-electron chi connectivity index (χ3n) is 3.09. The number of hydrogen-bond donors (Lipinski definition) is 2. The van der Waals surface area contributed by atoms with E-state index >= 15 is 0 Å². The number of furan rings is 1. The predicted octanol–water partition coefficient (Wildman–Crippen LogP) is 1.88. The van der Waals surface area contributed by atoms with Gasteiger partial charge in [-0.1, -0.05) is 6.07 Å². The van der Waals surface area contributed by atoms with Gasteiger partial charge in [0.15, 0.2) is 5.76 Å². The Morgan fingerprint density at radius 1 is 1.28 bits per heavy atom. The Morgan fingerprint density at radius 3 is 2.76 bits per heavy atom. The maximum absolute atomic E-state index is 12.4. The number of amides is 1. The Bertz CT molecular complexity index is 957. The van der Waals surface area contributed by atoms with Crippen LogP contribution >= 0.6 is 0 Å². The van der Waals surface area contributed by atoms with Crippen LogP contribution in [0.25, 0.3) is 0 Å². The molecule has 3 heterocycles. The summed E-state index contributed by atoms with van der Waals surface area (Å²) in [4.78, 5) is 26.7. The summed E-state index contributed by atoms with van der Waals surface area (Å²) >= 11 is 0. The van der Waals surface area contributed by atoms with Crippen molar-refractivity contribution in [3.05, 3.63) is 64.2 Å². The normalized spacial score (nSPS) is 11.5. The van der Waals surface area contributed by atoms with Crippen molar-refractivity contribution in [3.8, 4) is 0 Å². The SMILES string of the molecule is O=C(Nc1n[nH]c(C(F)(F)F)n1)c1ccc(Cn2ccccc2=O)o1. The number of hydrogen-bond acceptors (Lipinski definition) is 5. The van der Waals surface area contributed by atoms with Crippen LogP contribution in [0.4, 0.5) is 19.1 Å². The fourth-order valence-electron chi connectivity index (χ4n) is 1.95. The van der Waals surface area contributed by atoms with Crippen LogP contribution in [-0.4, -0.2) is 25.7 Å². The molecule has 0 aliphatic carbocycles. The first kappa shape index (κ1) is 16.5. The Morgan fingerprint density at radius 2 is 2.08 bits per heavy atom. The molecule has 3 rings (SSSR count). The number of pyridine rings is 1. The van der Waals surface area contributed by atoms with Crippen molar-refractivity contribution in [3.63, 3.8) is 0 Å². The molecule has 0 atom stereocenters. The molecule has 0 spiro atoms. The highest BCUT2D eigenvalue weighted by Crippen LogP contribution is 2.26. The second-order valence-electron chi connectivity index (χ2n) is 4.89. The van der Waals surface area contributed by atoms with Gasteiger partial charge in [-0.3, -0.25) is 20.0 Å². The lowest BCUT2D eigenvalue weighted by Crippen LogP contribution is -2.18. The average Bonchev–Trinajstić information content (AvgIpc) is 3.18. The maximum atomic E-state index is 12.4. The second kappa shape index (κ2) is 6.26. The number of aromatic nitrogens is 4. The number of halogens is 3. The minimum absolute atomic E-state index is 0.103. The van der Waals surface area contributed by atoms with Crippen LogP contribution in [0.3, 0.4) is 0 Å². The van der Waals surface area contributed by atoms with E-state index in [2.05, 4.69) is 15.4 Å². The molecule has 25 heavy (non-hydrogen) atoms. The van der Waals surface area contributed by atoms with Crippen molar-refractivity contribution < 1.29 is 22.4 Å². The maximum Gasteiger partial charge on any atom is 0.451 e. The van der Waals surface area contributed by atoms with E-state index in [1.54, 1.807) is 23.4 Å². The lowest BCUT2D eigenvalue weighted by molar-refractivity contribution is -0.144. The van der Waals surface area contributed by atoms with Crippen molar-refractivity contribution in [2.75, 3.05) is 5.32 Å². The van der Waals surface area contributed by atoms with Crippen molar-refractivity contribution in [2.24, 2.45) is 0 Å². The van der Waals surface area contributed by atoms with Gasteiger partial charge in [0.05, 0.1) is 6.54 Å². The molecule has 8 nitrogen and oxygen atoms in total. The molecule has 0 radical (unpaired) electrons. The van der Waals surface area contributed by atoms with Crippen LogP contribution in [0.15, 0.2) is 45.7 Å². The number of anilines is 1. The van der Waals surface area contributed by atoms with Crippen LogP contribution in [0.5, 0.6) is 0 Å². The Labute approximate surface area is 137 Å². The smallest absolute Gasteiger partial charge is 0.451 e. The van der Waals surface area contributed by atoms with Crippen molar-refractivity contribution in [2.45, 2.75) is 12.7 Å². The molecule has 0 saturated carbocycles. The number of aromatic amines is 1. The summed E-state index contributed by atoms with van der Waals surface area (Å²) in [5.41, 5.74) is -0.245. The number of alkyl halides is 3. The van der Waals surface area contributed by atoms with Gasteiger partial charge in [0.25, 0.3) is 11.5 Å².